The molecule has 0 fully saturated rings. The quantitative estimate of drug-likeness (QED) is 0.826. The van der Waals surface area contributed by atoms with E-state index in [4.69, 9.17) is 16.3 Å². The standard InChI is InChI=1S/C15H18ClN3O/c1-11-5-3-6-12(2)14(11)20-8-4-7-18-15-13(16)9-17-10-19-15/h3,5-6,9-10H,4,7-8H2,1-2H3,(H,17,18,19). The van der Waals surface area contributed by atoms with E-state index in [-0.39, 0.29) is 0 Å². The van der Waals surface area contributed by atoms with Crippen molar-refractivity contribution in [1.82, 2.24) is 9.97 Å². The number of para-hydroxylation sites is 1. The van der Waals surface area contributed by atoms with Crippen molar-refractivity contribution in [1.29, 1.82) is 0 Å². The summed E-state index contributed by atoms with van der Waals surface area (Å²) in [6.07, 6.45) is 3.92. The maximum Gasteiger partial charge on any atom is 0.148 e. The van der Waals surface area contributed by atoms with Crippen LogP contribution in [0.15, 0.2) is 30.7 Å². The van der Waals surface area contributed by atoms with Crippen LogP contribution in [0.5, 0.6) is 5.75 Å². The number of aromatic nitrogens is 2. The molecular formula is C15H18ClN3O. The highest BCUT2D eigenvalue weighted by Gasteiger charge is 2.03. The van der Waals surface area contributed by atoms with Crippen LogP contribution >= 0.6 is 11.6 Å². The van der Waals surface area contributed by atoms with Crippen molar-refractivity contribution in [2.45, 2.75) is 20.3 Å². The first-order valence-corrected chi connectivity index (χ1v) is 6.94. The Morgan fingerprint density at radius 3 is 2.70 bits per heavy atom. The van der Waals surface area contributed by atoms with E-state index >= 15 is 0 Å². The molecule has 4 nitrogen and oxygen atoms in total. The number of ether oxygens (including phenoxy) is 1. The van der Waals surface area contributed by atoms with Crippen LogP contribution in [0.3, 0.4) is 0 Å². The summed E-state index contributed by atoms with van der Waals surface area (Å²) in [5, 5.41) is 3.70. The Balaban J connectivity index is 1.76. The van der Waals surface area contributed by atoms with Gasteiger partial charge in [-0.1, -0.05) is 29.8 Å². The van der Waals surface area contributed by atoms with Crippen LogP contribution in [0.2, 0.25) is 5.02 Å². The molecule has 0 radical (unpaired) electrons. The molecule has 20 heavy (non-hydrogen) atoms. The lowest BCUT2D eigenvalue weighted by molar-refractivity contribution is 0.311. The zero-order valence-electron chi connectivity index (χ0n) is 11.7. The van der Waals surface area contributed by atoms with Crippen LogP contribution < -0.4 is 10.1 Å². The van der Waals surface area contributed by atoms with Crippen LogP contribution in [0.4, 0.5) is 5.82 Å². The van der Waals surface area contributed by atoms with Gasteiger partial charge in [-0.15, -0.1) is 0 Å². The van der Waals surface area contributed by atoms with Crippen LogP contribution in [0, 0.1) is 13.8 Å². The number of rotatable bonds is 6. The Morgan fingerprint density at radius 1 is 1.25 bits per heavy atom. The second-order valence-electron chi connectivity index (χ2n) is 4.57. The van der Waals surface area contributed by atoms with Crippen LogP contribution in [0.25, 0.3) is 0 Å². The van der Waals surface area contributed by atoms with Gasteiger partial charge in [-0.05, 0) is 31.4 Å². The van der Waals surface area contributed by atoms with Crippen LogP contribution in [0.1, 0.15) is 17.5 Å². The van der Waals surface area contributed by atoms with Gasteiger partial charge in [0.2, 0.25) is 0 Å². The predicted molar refractivity (Wildman–Crippen MR) is 81.6 cm³/mol. The van der Waals surface area contributed by atoms with Gasteiger partial charge in [-0.2, -0.15) is 0 Å². The summed E-state index contributed by atoms with van der Waals surface area (Å²) >= 11 is 5.96. The third-order valence-corrected chi connectivity index (χ3v) is 3.21. The van der Waals surface area contributed by atoms with Gasteiger partial charge in [0.05, 0.1) is 12.8 Å². The van der Waals surface area contributed by atoms with Gasteiger partial charge in [0.1, 0.15) is 22.9 Å². The van der Waals surface area contributed by atoms with Gasteiger partial charge < -0.3 is 10.1 Å². The van der Waals surface area contributed by atoms with E-state index in [9.17, 15) is 0 Å². The molecule has 0 aliphatic carbocycles. The van der Waals surface area contributed by atoms with Gasteiger partial charge in [0.25, 0.3) is 0 Å². The fourth-order valence-corrected chi connectivity index (χ4v) is 2.09. The SMILES string of the molecule is Cc1cccc(C)c1OCCCNc1ncncc1Cl. The zero-order valence-corrected chi connectivity index (χ0v) is 12.4. The number of hydrogen-bond donors (Lipinski definition) is 1. The summed E-state index contributed by atoms with van der Waals surface area (Å²) in [4.78, 5) is 7.91. The molecule has 2 aromatic rings. The van der Waals surface area contributed by atoms with Gasteiger partial charge >= 0.3 is 0 Å². The van der Waals surface area contributed by atoms with E-state index in [2.05, 4.69) is 41.3 Å². The van der Waals surface area contributed by atoms with Crippen molar-refractivity contribution >= 4 is 17.4 Å². The van der Waals surface area contributed by atoms with Crippen molar-refractivity contribution in [3.05, 3.63) is 46.9 Å². The zero-order chi connectivity index (χ0) is 14.4. The largest absolute Gasteiger partial charge is 0.493 e. The highest BCUT2D eigenvalue weighted by molar-refractivity contribution is 6.32. The molecule has 0 bridgehead atoms. The summed E-state index contributed by atoms with van der Waals surface area (Å²) in [6, 6.07) is 6.15. The highest BCUT2D eigenvalue weighted by Crippen LogP contribution is 2.22. The summed E-state index contributed by atoms with van der Waals surface area (Å²) in [6.45, 7) is 5.52. The molecule has 0 unspecified atom stereocenters. The minimum absolute atomic E-state index is 0.531. The molecule has 0 aliphatic rings. The highest BCUT2D eigenvalue weighted by atomic mass is 35.5. The smallest absolute Gasteiger partial charge is 0.148 e. The van der Waals surface area contributed by atoms with E-state index in [1.165, 1.54) is 6.33 Å². The average molecular weight is 292 g/mol. The third kappa shape index (κ3) is 3.84. The first-order valence-electron chi connectivity index (χ1n) is 6.57. The lowest BCUT2D eigenvalue weighted by atomic mass is 10.1. The maximum atomic E-state index is 5.96. The number of aryl methyl sites for hydroxylation is 2. The Kier molecular flexibility index (Phi) is 5.18. The van der Waals surface area contributed by atoms with Crippen molar-refractivity contribution in [3.8, 4) is 5.75 Å². The second kappa shape index (κ2) is 7.10. The number of nitrogens with one attached hydrogen (secondary N) is 1. The molecule has 5 heteroatoms. The van der Waals surface area contributed by atoms with E-state index < -0.39 is 0 Å². The summed E-state index contributed by atoms with van der Waals surface area (Å²) < 4.78 is 5.83. The lowest BCUT2D eigenvalue weighted by Gasteiger charge is -2.12. The molecule has 0 spiro atoms. The van der Waals surface area contributed by atoms with E-state index in [0.29, 0.717) is 17.4 Å². The Morgan fingerprint density at radius 2 is 2.00 bits per heavy atom. The summed E-state index contributed by atoms with van der Waals surface area (Å²) in [5.74, 6) is 1.64. The van der Waals surface area contributed by atoms with E-state index in [1.807, 2.05) is 6.07 Å². The first-order chi connectivity index (χ1) is 9.68. The van der Waals surface area contributed by atoms with Crippen molar-refractivity contribution in [2.24, 2.45) is 0 Å². The van der Waals surface area contributed by atoms with E-state index in [0.717, 1.165) is 29.8 Å². The molecule has 1 aromatic heterocycles. The topological polar surface area (TPSA) is 47.0 Å². The number of anilines is 1. The van der Waals surface area contributed by atoms with E-state index in [1.54, 1.807) is 6.20 Å². The molecule has 1 aromatic carbocycles. The van der Waals surface area contributed by atoms with Gasteiger partial charge in [-0.25, -0.2) is 9.97 Å². The molecule has 1 N–H and O–H groups in total. The number of nitrogens with zero attached hydrogens (tertiary/aromatic N) is 2. The lowest BCUT2D eigenvalue weighted by Crippen LogP contribution is -2.09. The normalized spacial score (nSPS) is 10.3. The van der Waals surface area contributed by atoms with Crippen LogP contribution in [-0.4, -0.2) is 23.1 Å². The maximum absolute atomic E-state index is 5.96. The predicted octanol–water partition coefficient (Wildman–Crippen LogP) is 3.63. The molecule has 2 rings (SSSR count). The number of benzene rings is 1. The molecule has 1 heterocycles. The van der Waals surface area contributed by atoms with Gasteiger partial charge in [0, 0.05) is 6.54 Å². The van der Waals surface area contributed by atoms with Gasteiger partial charge in [-0.3, -0.25) is 0 Å². The number of halogens is 1. The fourth-order valence-electron chi connectivity index (χ4n) is 1.92. The fraction of sp³-hybridized carbons (Fsp3) is 0.333. The minimum atomic E-state index is 0.531. The molecular weight excluding hydrogens is 274 g/mol. The third-order valence-electron chi connectivity index (χ3n) is 2.94. The molecule has 106 valence electrons. The molecule has 0 saturated heterocycles. The molecule has 0 aliphatic heterocycles. The van der Waals surface area contributed by atoms with Crippen molar-refractivity contribution < 1.29 is 4.74 Å². The molecule has 0 atom stereocenters. The minimum Gasteiger partial charge on any atom is -0.493 e. The van der Waals surface area contributed by atoms with Gasteiger partial charge in [0.15, 0.2) is 0 Å². The molecule has 0 amide bonds. The Labute approximate surface area is 124 Å². The Bertz CT molecular complexity index is 555. The monoisotopic (exact) mass is 291 g/mol. The van der Waals surface area contributed by atoms with Crippen molar-refractivity contribution in [3.63, 3.8) is 0 Å². The Hall–Kier alpha value is -1.81. The first kappa shape index (κ1) is 14.6. The second-order valence-corrected chi connectivity index (χ2v) is 4.98. The summed E-state index contributed by atoms with van der Waals surface area (Å²) in [7, 11) is 0. The number of hydrogen-bond acceptors (Lipinski definition) is 4. The summed E-state index contributed by atoms with van der Waals surface area (Å²) in [5.41, 5.74) is 2.33. The molecule has 0 saturated carbocycles. The average Bonchev–Trinajstić information content (AvgIpc) is 2.43. The van der Waals surface area contributed by atoms with Crippen molar-refractivity contribution in [2.75, 3.05) is 18.5 Å². The van der Waals surface area contributed by atoms with Crippen LogP contribution in [-0.2, 0) is 0 Å².